The van der Waals surface area contributed by atoms with Crippen LogP contribution in [0.1, 0.15) is 38.5 Å². The molecule has 1 rings (SSSR count). The SMILES string of the molecule is NC(N)=NCC(O)COC1CCCCCC1. The Morgan fingerprint density at radius 3 is 2.44 bits per heavy atom. The minimum atomic E-state index is -0.606. The molecule has 0 aromatic rings. The topological polar surface area (TPSA) is 93.9 Å². The maximum atomic E-state index is 9.56. The summed E-state index contributed by atoms with van der Waals surface area (Å²) in [5, 5.41) is 9.56. The zero-order valence-corrected chi connectivity index (χ0v) is 9.77. The molecule has 1 atom stereocenters. The molecule has 1 unspecified atom stereocenters. The lowest BCUT2D eigenvalue weighted by Gasteiger charge is -2.17. The fraction of sp³-hybridized carbons (Fsp3) is 0.909. The van der Waals surface area contributed by atoms with Crippen molar-refractivity contribution in [1.29, 1.82) is 0 Å². The van der Waals surface area contributed by atoms with Gasteiger partial charge in [-0.25, -0.2) is 0 Å². The van der Waals surface area contributed by atoms with E-state index in [1.54, 1.807) is 0 Å². The van der Waals surface area contributed by atoms with Gasteiger partial charge in [0.2, 0.25) is 0 Å². The summed E-state index contributed by atoms with van der Waals surface area (Å²) in [5.41, 5.74) is 10.4. The van der Waals surface area contributed by atoms with Crippen LogP contribution in [0.2, 0.25) is 0 Å². The first kappa shape index (κ1) is 13.3. The zero-order valence-electron chi connectivity index (χ0n) is 9.77. The first-order valence-electron chi connectivity index (χ1n) is 6.03. The first-order chi connectivity index (χ1) is 7.68. The van der Waals surface area contributed by atoms with Crippen LogP contribution in [-0.2, 0) is 4.74 Å². The van der Waals surface area contributed by atoms with Gasteiger partial charge in [-0.15, -0.1) is 0 Å². The van der Waals surface area contributed by atoms with Gasteiger partial charge in [0.05, 0.1) is 25.4 Å². The van der Waals surface area contributed by atoms with Crippen LogP contribution in [0.15, 0.2) is 4.99 Å². The molecule has 1 aliphatic rings. The van der Waals surface area contributed by atoms with Crippen molar-refractivity contribution in [2.75, 3.05) is 13.2 Å². The van der Waals surface area contributed by atoms with Crippen LogP contribution in [0, 0.1) is 0 Å². The van der Waals surface area contributed by atoms with Gasteiger partial charge < -0.3 is 21.3 Å². The summed E-state index contributed by atoms with van der Waals surface area (Å²) in [4.78, 5) is 3.75. The number of guanidine groups is 1. The third-order valence-electron chi connectivity index (χ3n) is 2.81. The molecule has 94 valence electrons. The quantitative estimate of drug-likeness (QED) is 0.360. The van der Waals surface area contributed by atoms with E-state index in [0.29, 0.717) is 12.7 Å². The summed E-state index contributed by atoms with van der Waals surface area (Å²) in [6.07, 6.45) is 6.97. The van der Waals surface area contributed by atoms with Crippen molar-refractivity contribution in [2.45, 2.75) is 50.7 Å². The van der Waals surface area contributed by atoms with Crippen LogP contribution < -0.4 is 11.5 Å². The van der Waals surface area contributed by atoms with Gasteiger partial charge in [0, 0.05) is 0 Å². The largest absolute Gasteiger partial charge is 0.389 e. The second-order valence-electron chi connectivity index (χ2n) is 4.37. The van der Waals surface area contributed by atoms with E-state index in [0.717, 1.165) is 12.8 Å². The fourth-order valence-corrected chi connectivity index (χ4v) is 1.92. The van der Waals surface area contributed by atoms with E-state index in [1.807, 2.05) is 0 Å². The molecule has 0 saturated heterocycles. The lowest BCUT2D eigenvalue weighted by atomic mass is 10.1. The Bertz CT molecular complexity index is 209. The molecule has 0 radical (unpaired) electrons. The molecule has 0 bridgehead atoms. The predicted molar refractivity (Wildman–Crippen MR) is 64.1 cm³/mol. The van der Waals surface area contributed by atoms with Gasteiger partial charge >= 0.3 is 0 Å². The Morgan fingerprint density at radius 1 is 1.25 bits per heavy atom. The molecule has 0 amide bonds. The number of aliphatic hydroxyl groups excluding tert-OH is 1. The summed E-state index contributed by atoms with van der Waals surface area (Å²) in [6.45, 7) is 0.538. The first-order valence-corrected chi connectivity index (χ1v) is 6.03. The van der Waals surface area contributed by atoms with Crippen molar-refractivity contribution in [3.8, 4) is 0 Å². The van der Waals surface area contributed by atoms with Gasteiger partial charge in [-0.3, -0.25) is 4.99 Å². The van der Waals surface area contributed by atoms with E-state index in [1.165, 1.54) is 25.7 Å². The van der Waals surface area contributed by atoms with E-state index in [9.17, 15) is 5.11 Å². The average Bonchev–Trinajstić information content (AvgIpc) is 2.51. The van der Waals surface area contributed by atoms with Crippen LogP contribution in [0.25, 0.3) is 0 Å². The number of hydrogen-bond donors (Lipinski definition) is 3. The zero-order chi connectivity index (χ0) is 11.8. The molecule has 0 spiro atoms. The van der Waals surface area contributed by atoms with Crippen molar-refractivity contribution in [1.82, 2.24) is 0 Å². The Labute approximate surface area is 96.9 Å². The van der Waals surface area contributed by atoms with Gasteiger partial charge in [0.25, 0.3) is 0 Å². The molecule has 5 heteroatoms. The molecule has 0 aliphatic heterocycles. The molecule has 0 heterocycles. The Hall–Kier alpha value is -0.810. The standard InChI is InChI=1S/C11H23N3O2/c12-11(13)14-7-9(15)8-16-10-5-3-1-2-4-6-10/h9-10,15H,1-8H2,(H4,12,13,14). The molecule has 1 saturated carbocycles. The highest BCUT2D eigenvalue weighted by molar-refractivity contribution is 5.75. The van der Waals surface area contributed by atoms with E-state index >= 15 is 0 Å². The molecule has 5 N–H and O–H groups in total. The van der Waals surface area contributed by atoms with E-state index in [-0.39, 0.29) is 12.5 Å². The van der Waals surface area contributed by atoms with Gasteiger partial charge in [0.1, 0.15) is 0 Å². The molecule has 0 aromatic heterocycles. The van der Waals surface area contributed by atoms with Crippen molar-refractivity contribution >= 4 is 5.96 Å². The lowest BCUT2D eigenvalue weighted by molar-refractivity contribution is -0.0116. The normalized spacial score (nSPS) is 20.1. The molecule has 1 aliphatic carbocycles. The second-order valence-corrected chi connectivity index (χ2v) is 4.37. The highest BCUT2D eigenvalue weighted by Gasteiger charge is 2.14. The molecular formula is C11H23N3O2. The second kappa shape index (κ2) is 7.46. The third-order valence-corrected chi connectivity index (χ3v) is 2.81. The van der Waals surface area contributed by atoms with Crippen LogP contribution >= 0.6 is 0 Å². The Morgan fingerprint density at radius 2 is 1.88 bits per heavy atom. The van der Waals surface area contributed by atoms with Gasteiger partial charge in [0.15, 0.2) is 5.96 Å². The molecular weight excluding hydrogens is 206 g/mol. The summed E-state index contributed by atoms with van der Waals surface area (Å²) in [5.74, 6) is 0.00789. The van der Waals surface area contributed by atoms with E-state index in [2.05, 4.69) is 4.99 Å². The summed E-state index contributed by atoms with van der Waals surface area (Å²) in [6, 6.07) is 0. The number of nitrogens with two attached hydrogens (primary N) is 2. The summed E-state index contributed by atoms with van der Waals surface area (Å²) < 4.78 is 5.66. The van der Waals surface area contributed by atoms with E-state index in [4.69, 9.17) is 16.2 Å². The lowest BCUT2D eigenvalue weighted by Crippen LogP contribution is -2.28. The van der Waals surface area contributed by atoms with Crippen LogP contribution in [0.4, 0.5) is 0 Å². The minimum absolute atomic E-state index is 0.00789. The maximum Gasteiger partial charge on any atom is 0.185 e. The van der Waals surface area contributed by atoms with Crippen molar-refractivity contribution in [3.63, 3.8) is 0 Å². The maximum absolute atomic E-state index is 9.56. The number of aliphatic hydroxyl groups is 1. The highest BCUT2D eigenvalue weighted by atomic mass is 16.5. The van der Waals surface area contributed by atoms with Crippen LogP contribution in [0.3, 0.4) is 0 Å². The monoisotopic (exact) mass is 229 g/mol. The summed E-state index contributed by atoms with van der Waals surface area (Å²) >= 11 is 0. The molecule has 1 fully saturated rings. The number of rotatable bonds is 5. The van der Waals surface area contributed by atoms with Gasteiger partial charge in [-0.05, 0) is 12.8 Å². The Balaban J connectivity index is 2.14. The van der Waals surface area contributed by atoms with Crippen LogP contribution in [0.5, 0.6) is 0 Å². The van der Waals surface area contributed by atoms with Gasteiger partial charge in [-0.2, -0.15) is 0 Å². The van der Waals surface area contributed by atoms with Crippen molar-refractivity contribution < 1.29 is 9.84 Å². The molecule has 0 aromatic carbocycles. The fourth-order valence-electron chi connectivity index (χ4n) is 1.92. The number of nitrogens with zero attached hydrogens (tertiary/aromatic N) is 1. The molecule has 5 nitrogen and oxygen atoms in total. The minimum Gasteiger partial charge on any atom is -0.389 e. The van der Waals surface area contributed by atoms with Crippen molar-refractivity contribution in [2.24, 2.45) is 16.5 Å². The third kappa shape index (κ3) is 5.92. The number of ether oxygens (including phenoxy) is 1. The number of aliphatic imine (C=N–C) groups is 1. The smallest absolute Gasteiger partial charge is 0.185 e. The van der Waals surface area contributed by atoms with Crippen molar-refractivity contribution in [3.05, 3.63) is 0 Å². The van der Waals surface area contributed by atoms with Gasteiger partial charge in [-0.1, -0.05) is 25.7 Å². The average molecular weight is 229 g/mol. The molecule has 16 heavy (non-hydrogen) atoms. The van der Waals surface area contributed by atoms with Crippen LogP contribution in [-0.4, -0.2) is 36.4 Å². The Kier molecular flexibility index (Phi) is 6.18. The number of hydrogen-bond acceptors (Lipinski definition) is 3. The predicted octanol–water partition coefficient (Wildman–Crippen LogP) is 0.360. The van der Waals surface area contributed by atoms with E-state index < -0.39 is 6.10 Å². The highest BCUT2D eigenvalue weighted by Crippen LogP contribution is 2.19. The summed E-state index contributed by atoms with van der Waals surface area (Å²) in [7, 11) is 0.